The third kappa shape index (κ3) is 2.79. The Balaban J connectivity index is 2.44. The van der Waals surface area contributed by atoms with Gasteiger partial charge in [0, 0.05) is 16.3 Å². The molecule has 2 nitrogen and oxygen atoms in total. The molecule has 0 saturated heterocycles. The zero-order valence-electron chi connectivity index (χ0n) is 6.34. The molecule has 1 aromatic rings. The molecule has 0 N–H and O–H groups in total. The first-order chi connectivity index (χ1) is 5.36. The van der Waals surface area contributed by atoms with Gasteiger partial charge in [0.25, 0.3) is 0 Å². The molecule has 1 heterocycles. The molecule has 0 saturated carbocycles. The fraction of sp³-hybridized carbons (Fsp3) is 0.571. The van der Waals surface area contributed by atoms with Crippen molar-refractivity contribution in [2.45, 2.75) is 12.8 Å². The lowest BCUT2D eigenvalue weighted by molar-refractivity contribution is 0.402. The van der Waals surface area contributed by atoms with Crippen LogP contribution in [0.2, 0.25) is 0 Å². The molecule has 0 aliphatic carbocycles. The van der Waals surface area contributed by atoms with Crippen molar-refractivity contribution in [3.63, 3.8) is 0 Å². The number of hydrogen-bond acceptors (Lipinski definition) is 3. The summed E-state index contributed by atoms with van der Waals surface area (Å²) < 4.78 is 9.05. The highest BCUT2D eigenvalue weighted by Gasteiger charge is 1.99. The number of ether oxygens (including phenoxy) is 1. The summed E-state index contributed by atoms with van der Waals surface area (Å²) in [6, 6.07) is 1.99. The number of nitrogens with zero attached hydrogens (tertiary/aromatic N) is 1. The van der Waals surface area contributed by atoms with Gasteiger partial charge in [0.15, 0.2) is 0 Å². The Morgan fingerprint density at radius 2 is 2.55 bits per heavy atom. The van der Waals surface area contributed by atoms with Gasteiger partial charge < -0.3 is 4.74 Å². The molecular formula is C7H10BrNOS. The van der Waals surface area contributed by atoms with Gasteiger partial charge in [-0.3, -0.25) is 0 Å². The van der Waals surface area contributed by atoms with Crippen molar-refractivity contribution < 1.29 is 4.74 Å². The Hall–Kier alpha value is -0.0900. The summed E-state index contributed by atoms with van der Waals surface area (Å²) in [6.07, 6.45) is 2.25. The van der Waals surface area contributed by atoms with E-state index in [4.69, 9.17) is 4.74 Å². The van der Waals surface area contributed by atoms with Crippen LogP contribution in [0.5, 0.6) is 5.88 Å². The first-order valence-electron chi connectivity index (χ1n) is 3.42. The Kier molecular flexibility index (Phi) is 3.86. The molecule has 0 bridgehead atoms. The van der Waals surface area contributed by atoms with Gasteiger partial charge in [-0.15, -0.1) is 0 Å². The second kappa shape index (κ2) is 4.72. The summed E-state index contributed by atoms with van der Waals surface area (Å²) in [5.41, 5.74) is 0. The van der Waals surface area contributed by atoms with Gasteiger partial charge in [-0.1, -0.05) is 15.9 Å². The first kappa shape index (κ1) is 9.00. The predicted octanol–water partition coefficient (Wildman–Crippen LogP) is 2.48. The molecule has 0 aliphatic heterocycles. The third-order valence-electron chi connectivity index (χ3n) is 1.30. The maximum Gasteiger partial charge on any atom is 0.225 e. The fourth-order valence-corrected chi connectivity index (χ4v) is 1.75. The molecule has 1 rings (SSSR count). The predicted molar refractivity (Wildman–Crippen MR) is 50.8 cm³/mol. The summed E-state index contributed by atoms with van der Waals surface area (Å²) >= 11 is 4.90. The van der Waals surface area contributed by atoms with Crippen molar-refractivity contribution in [3.8, 4) is 5.88 Å². The Morgan fingerprint density at radius 3 is 3.09 bits per heavy atom. The Labute approximate surface area is 78.9 Å². The number of hydrogen-bond donors (Lipinski definition) is 0. The van der Waals surface area contributed by atoms with E-state index in [0.717, 1.165) is 24.1 Å². The van der Waals surface area contributed by atoms with E-state index < -0.39 is 0 Å². The lowest BCUT2D eigenvalue weighted by atomic mass is 10.3. The molecule has 1 aromatic heterocycles. The molecule has 0 spiro atoms. The summed E-state index contributed by atoms with van der Waals surface area (Å²) in [5, 5.41) is 1.05. The van der Waals surface area contributed by atoms with Crippen LogP contribution in [0, 0.1) is 0 Å². The number of rotatable bonds is 4. The van der Waals surface area contributed by atoms with E-state index in [0.29, 0.717) is 0 Å². The van der Waals surface area contributed by atoms with Crippen LogP contribution in [0.15, 0.2) is 6.07 Å². The van der Waals surface area contributed by atoms with Crippen molar-refractivity contribution in [3.05, 3.63) is 10.9 Å². The summed E-state index contributed by atoms with van der Waals surface area (Å²) in [4.78, 5) is 1.29. The molecule has 0 amide bonds. The maximum absolute atomic E-state index is 4.96. The molecule has 0 aromatic carbocycles. The van der Waals surface area contributed by atoms with Crippen LogP contribution in [0.4, 0.5) is 0 Å². The van der Waals surface area contributed by atoms with Gasteiger partial charge >= 0.3 is 0 Å². The molecule has 0 radical (unpaired) electrons. The van der Waals surface area contributed by atoms with E-state index >= 15 is 0 Å². The third-order valence-corrected chi connectivity index (χ3v) is 2.69. The van der Waals surface area contributed by atoms with Gasteiger partial charge in [-0.25, -0.2) is 0 Å². The summed E-state index contributed by atoms with van der Waals surface area (Å²) in [7, 11) is 1.64. The number of alkyl halides is 1. The molecular weight excluding hydrogens is 226 g/mol. The summed E-state index contributed by atoms with van der Waals surface area (Å²) in [6.45, 7) is 0. The normalized spacial score (nSPS) is 10.0. The van der Waals surface area contributed by atoms with E-state index in [1.807, 2.05) is 6.07 Å². The zero-order valence-corrected chi connectivity index (χ0v) is 8.74. The van der Waals surface area contributed by atoms with E-state index in [2.05, 4.69) is 20.3 Å². The minimum absolute atomic E-state index is 0.736. The number of halogens is 1. The number of aromatic nitrogens is 1. The van der Waals surface area contributed by atoms with E-state index in [9.17, 15) is 0 Å². The van der Waals surface area contributed by atoms with Crippen LogP contribution in [0.3, 0.4) is 0 Å². The van der Waals surface area contributed by atoms with Crippen LogP contribution in [0.25, 0.3) is 0 Å². The van der Waals surface area contributed by atoms with Crippen LogP contribution in [-0.4, -0.2) is 16.8 Å². The largest absolute Gasteiger partial charge is 0.480 e. The number of aryl methyl sites for hydroxylation is 1. The van der Waals surface area contributed by atoms with Gasteiger partial charge in [-0.2, -0.15) is 4.37 Å². The van der Waals surface area contributed by atoms with Crippen molar-refractivity contribution in [2.75, 3.05) is 12.4 Å². The molecule has 0 fully saturated rings. The van der Waals surface area contributed by atoms with Crippen molar-refractivity contribution in [1.29, 1.82) is 0 Å². The lowest BCUT2D eigenvalue weighted by Crippen LogP contribution is -1.81. The fourth-order valence-electron chi connectivity index (χ4n) is 0.749. The molecule has 11 heavy (non-hydrogen) atoms. The molecule has 62 valence electrons. The second-order valence-electron chi connectivity index (χ2n) is 2.13. The smallest absolute Gasteiger partial charge is 0.225 e. The molecule has 0 unspecified atom stereocenters. The minimum Gasteiger partial charge on any atom is -0.480 e. The standard InChI is InChI=1S/C7H10BrNOS/c1-10-7-5-6(11-9-7)3-2-4-8/h5H,2-4H2,1H3. The van der Waals surface area contributed by atoms with Crippen LogP contribution in [-0.2, 0) is 6.42 Å². The Bertz CT molecular complexity index is 214. The van der Waals surface area contributed by atoms with Crippen molar-refractivity contribution in [2.24, 2.45) is 0 Å². The molecule has 0 aliphatic rings. The Morgan fingerprint density at radius 1 is 1.73 bits per heavy atom. The first-order valence-corrected chi connectivity index (χ1v) is 5.32. The van der Waals surface area contributed by atoms with Gasteiger partial charge in [-0.05, 0) is 24.4 Å². The van der Waals surface area contributed by atoms with Crippen molar-refractivity contribution >= 4 is 27.5 Å². The highest BCUT2D eigenvalue weighted by atomic mass is 79.9. The SMILES string of the molecule is COc1cc(CCCBr)sn1. The van der Waals surface area contributed by atoms with Crippen molar-refractivity contribution in [1.82, 2.24) is 4.37 Å². The van der Waals surface area contributed by atoms with Gasteiger partial charge in [0.2, 0.25) is 5.88 Å². The highest BCUT2D eigenvalue weighted by Crippen LogP contribution is 2.17. The average molecular weight is 236 g/mol. The summed E-state index contributed by atoms with van der Waals surface area (Å²) in [5.74, 6) is 0.736. The minimum atomic E-state index is 0.736. The average Bonchev–Trinajstić information content (AvgIpc) is 2.48. The van der Waals surface area contributed by atoms with E-state index in [-0.39, 0.29) is 0 Å². The molecule has 4 heteroatoms. The van der Waals surface area contributed by atoms with E-state index in [1.165, 1.54) is 16.4 Å². The monoisotopic (exact) mass is 235 g/mol. The van der Waals surface area contributed by atoms with Crippen LogP contribution < -0.4 is 4.74 Å². The quantitative estimate of drug-likeness (QED) is 0.749. The molecule has 0 atom stereocenters. The van der Waals surface area contributed by atoms with Crippen LogP contribution in [0.1, 0.15) is 11.3 Å². The topological polar surface area (TPSA) is 22.1 Å². The van der Waals surface area contributed by atoms with Crippen LogP contribution >= 0.6 is 27.5 Å². The van der Waals surface area contributed by atoms with E-state index in [1.54, 1.807) is 7.11 Å². The number of methoxy groups -OCH3 is 1. The van der Waals surface area contributed by atoms with Gasteiger partial charge in [0.05, 0.1) is 7.11 Å². The zero-order chi connectivity index (χ0) is 8.10. The maximum atomic E-state index is 4.96. The van der Waals surface area contributed by atoms with Gasteiger partial charge in [0.1, 0.15) is 0 Å². The highest BCUT2D eigenvalue weighted by molar-refractivity contribution is 9.09. The second-order valence-corrected chi connectivity index (χ2v) is 3.81. The lowest BCUT2D eigenvalue weighted by Gasteiger charge is -1.89.